The lowest BCUT2D eigenvalue weighted by molar-refractivity contribution is -0.145. The minimum absolute atomic E-state index is 0.218. The first kappa shape index (κ1) is 12.9. The Hall–Kier alpha value is -0.570. The fourth-order valence-corrected chi connectivity index (χ4v) is 3.25. The molecule has 1 heterocycles. The monoisotopic (exact) mass is 238 g/mol. The van der Waals surface area contributed by atoms with Crippen LogP contribution in [0.4, 0.5) is 0 Å². The van der Waals surface area contributed by atoms with Gasteiger partial charge in [0.15, 0.2) is 0 Å². The third-order valence-electron chi connectivity index (χ3n) is 4.72. The highest BCUT2D eigenvalue weighted by atomic mass is 16.2. The number of hydrogen-bond acceptors (Lipinski definition) is 2. The Bertz CT molecular complexity index is 263. The number of carbonyl (C=O) groups is 1. The third-order valence-corrected chi connectivity index (χ3v) is 4.72. The number of rotatable bonds is 2. The van der Waals surface area contributed by atoms with E-state index in [1.165, 1.54) is 19.3 Å². The molecule has 1 saturated heterocycles. The van der Waals surface area contributed by atoms with Crippen LogP contribution in [0.1, 0.15) is 51.9 Å². The molecule has 0 aromatic carbocycles. The lowest BCUT2D eigenvalue weighted by Crippen LogP contribution is -2.51. The van der Waals surface area contributed by atoms with Crippen molar-refractivity contribution in [2.75, 3.05) is 19.6 Å². The second-order valence-electron chi connectivity index (χ2n) is 6.02. The summed E-state index contributed by atoms with van der Waals surface area (Å²) in [6.07, 6.45) is 7.94. The molecule has 0 unspecified atom stereocenters. The Morgan fingerprint density at radius 1 is 1.24 bits per heavy atom. The zero-order valence-electron chi connectivity index (χ0n) is 11.1. The van der Waals surface area contributed by atoms with Gasteiger partial charge in [-0.1, -0.05) is 6.92 Å². The van der Waals surface area contributed by atoms with E-state index in [9.17, 15) is 4.79 Å². The first-order valence-electron chi connectivity index (χ1n) is 7.17. The van der Waals surface area contributed by atoms with Gasteiger partial charge in [-0.2, -0.15) is 0 Å². The Morgan fingerprint density at radius 2 is 1.82 bits per heavy atom. The maximum Gasteiger partial charge on any atom is 0.230 e. The molecule has 2 N–H and O–H groups in total. The molecule has 2 rings (SSSR count). The molecule has 0 bridgehead atoms. The van der Waals surface area contributed by atoms with E-state index in [-0.39, 0.29) is 5.41 Å². The molecular weight excluding hydrogens is 212 g/mol. The fraction of sp³-hybridized carbons (Fsp3) is 0.929. The Labute approximate surface area is 105 Å². The normalized spacial score (nSPS) is 34.7. The van der Waals surface area contributed by atoms with Gasteiger partial charge in [0, 0.05) is 19.6 Å². The molecule has 3 nitrogen and oxygen atoms in total. The summed E-state index contributed by atoms with van der Waals surface area (Å²) in [7, 11) is 0. The van der Waals surface area contributed by atoms with E-state index in [4.69, 9.17) is 5.73 Å². The van der Waals surface area contributed by atoms with Crippen LogP contribution in [-0.4, -0.2) is 30.4 Å². The van der Waals surface area contributed by atoms with Crippen LogP contribution in [0.5, 0.6) is 0 Å². The lowest BCUT2D eigenvalue weighted by Gasteiger charge is -2.41. The minimum atomic E-state index is -0.218. The van der Waals surface area contributed by atoms with Crippen LogP contribution >= 0.6 is 0 Å². The van der Waals surface area contributed by atoms with Crippen LogP contribution in [-0.2, 0) is 4.79 Å². The van der Waals surface area contributed by atoms with E-state index in [0.717, 1.165) is 44.7 Å². The van der Waals surface area contributed by atoms with Crippen LogP contribution in [0, 0.1) is 11.3 Å². The molecule has 1 amide bonds. The van der Waals surface area contributed by atoms with Crippen molar-refractivity contribution in [1.29, 1.82) is 0 Å². The van der Waals surface area contributed by atoms with E-state index in [1.807, 2.05) is 0 Å². The summed E-state index contributed by atoms with van der Waals surface area (Å²) in [6, 6.07) is 0. The molecule has 0 atom stereocenters. The summed E-state index contributed by atoms with van der Waals surface area (Å²) in [6.45, 7) is 4.73. The molecule has 1 aliphatic carbocycles. The molecule has 0 aromatic heterocycles. The van der Waals surface area contributed by atoms with Gasteiger partial charge in [-0.25, -0.2) is 0 Å². The van der Waals surface area contributed by atoms with Crippen molar-refractivity contribution >= 4 is 5.91 Å². The summed E-state index contributed by atoms with van der Waals surface area (Å²) in [5.74, 6) is 1.12. The van der Waals surface area contributed by atoms with Gasteiger partial charge in [0.1, 0.15) is 0 Å². The molecule has 2 fully saturated rings. The first-order chi connectivity index (χ1) is 8.18. The Morgan fingerprint density at radius 3 is 2.35 bits per heavy atom. The molecular formula is C14H26N2O. The van der Waals surface area contributed by atoms with Crippen LogP contribution in [0.25, 0.3) is 0 Å². The zero-order chi connectivity index (χ0) is 12.3. The molecule has 3 heteroatoms. The molecule has 17 heavy (non-hydrogen) atoms. The Balaban J connectivity index is 2.03. The van der Waals surface area contributed by atoms with Crippen molar-refractivity contribution in [3.8, 4) is 0 Å². The highest BCUT2D eigenvalue weighted by molar-refractivity contribution is 5.83. The fourth-order valence-electron chi connectivity index (χ4n) is 3.25. The van der Waals surface area contributed by atoms with Gasteiger partial charge in [-0.05, 0) is 50.9 Å². The van der Waals surface area contributed by atoms with E-state index < -0.39 is 0 Å². The molecule has 0 aromatic rings. The van der Waals surface area contributed by atoms with Crippen molar-refractivity contribution in [3.63, 3.8) is 0 Å². The van der Waals surface area contributed by atoms with Crippen molar-refractivity contribution in [3.05, 3.63) is 0 Å². The van der Waals surface area contributed by atoms with E-state index in [1.54, 1.807) is 0 Å². The first-order valence-corrected chi connectivity index (χ1v) is 7.17. The van der Waals surface area contributed by atoms with Crippen molar-refractivity contribution in [2.24, 2.45) is 17.1 Å². The quantitative estimate of drug-likeness (QED) is 0.801. The SMILES string of the molecule is CC1CCC(CN)(C(=O)N2CCCCC2)CC1. The number of nitrogens with two attached hydrogens (primary N) is 1. The summed E-state index contributed by atoms with van der Waals surface area (Å²) in [4.78, 5) is 14.7. The maximum atomic E-state index is 12.7. The predicted molar refractivity (Wildman–Crippen MR) is 69.6 cm³/mol. The van der Waals surface area contributed by atoms with Crippen LogP contribution in [0.2, 0.25) is 0 Å². The number of amides is 1. The molecule has 98 valence electrons. The van der Waals surface area contributed by atoms with Crippen molar-refractivity contribution < 1.29 is 4.79 Å². The highest BCUT2D eigenvalue weighted by Gasteiger charge is 2.42. The van der Waals surface area contributed by atoms with Gasteiger partial charge in [0.2, 0.25) is 5.91 Å². The van der Waals surface area contributed by atoms with Crippen molar-refractivity contribution in [1.82, 2.24) is 4.90 Å². The van der Waals surface area contributed by atoms with E-state index in [2.05, 4.69) is 11.8 Å². The van der Waals surface area contributed by atoms with Crippen LogP contribution in [0.15, 0.2) is 0 Å². The molecule has 1 aliphatic heterocycles. The van der Waals surface area contributed by atoms with E-state index >= 15 is 0 Å². The smallest absolute Gasteiger partial charge is 0.230 e. The van der Waals surface area contributed by atoms with E-state index in [0.29, 0.717) is 12.5 Å². The standard InChI is InChI=1S/C14H26N2O/c1-12-5-7-14(11-15,8-6-12)13(17)16-9-3-2-4-10-16/h12H,2-11,15H2,1H3. The number of piperidine rings is 1. The second kappa shape index (κ2) is 5.38. The van der Waals surface area contributed by atoms with Gasteiger partial charge in [0.25, 0.3) is 0 Å². The number of likely N-dealkylation sites (tertiary alicyclic amines) is 1. The molecule has 2 aliphatic rings. The molecule has 0 radical (unpaired) electrons. The second-order valence-corrected chi connectivity index (χ2v) is 6.02. The largest absolute Gasteiger partial charge is 0.342 e. The summed E-state index contributed by atoms with van der Waals surface area (Å²) >= 11 is 0. The predicted octanol–water partition coefficient (Wildman–Crippen LogP) is 2.15. The minimum Gasteiger partial charge on any atom is -0.342 e. The maximum absolute atomic E-state index is 12.7. The van der Waals surface area contributed by atoms with Gasteiger partial charge in [-0.15, -0.1) is 0 Å². The summed E-state index contributed by atoms with van der Waals surface area (Å²) in [5.41, 5.74) is 5.73. The number of carbonyl (C=O) groups excluding carboxylic acids is 1. The average Bonchev–Trinajstić information content (AvgIpc) is 2.40. The number of hydrogen-bond donors (Lipinski definition) is 1. The Kier molecular flexibility index (Phi) is 4.08. The van der Waals surface area contributed by atoms with Gasteiger partial charge in [0.05, 0.1) is 5.41 Å². The van der Waals surface area contributed by atoms with Crippen molar-refractivity contribution in [2.45, 2.75) is 51.9 Å². The van der Waals surface area contributed by atoms with Gasteiger partial charge < -0.3 is 10.6 Å². The number of nitrogens with zero attached hydrogens (tertiary/aromatic N) is 1. The highest BCUT2D eigenvalue weighted by Crippen LogP contribution is 2.40. The topological polar surface area (TPSA) is 46.3 Å². The lowest BCUT2D eigenvalue weighted by atomic mass is 9.70. The van der Waals surface area contributed by atoms with Crippen LogP contribution < -0.4 is 5.73 Å². The van der Waals surface area contributed by atoms with Gasteiger partial charge >= 0.3 is 0 Å². The summed E-state index contributed by atoms with van der Waals surface area (Å²) in [5, 5.41) is 0. The van der Waals surface area contributed by atoms with Gasteiger partial charge in [-0.3, -0.25) is 4.79 Å². The average molecular weight is 238 g/mol. The molecule has 0 spiro atoms. The third kappa shape index (κ3) is 2.65. The van der Waals surface area contributed by atoms with Crippen LogP contribution in [0.3, 0.4) is 0 Å². The summed E-state index contributed by atoms with van der Waals surface area (Å²) < 4.78 is 0. The molecule has 1 saturated carbocycles. The zero-order valence-corrected chi connectivity index (χ0v) is 11.1.